The summed E-state index contributed by atoms with van der Waals surface area (Å²) in [6.07, 6.45) is 1.11. The highest BCUT2D eigenvalue weighted by Gasteiger charge is 2.35. The molecular weight excluding hydrogens is 224 g/mol. The lowest BCUT2D eigenvalue weighted by Gasteiger charge is -2.43. The van der Waals surface area contributed by atoms with E-state index in [4.69, 9.17) is 0 Å². The second-order valence-electron chi connectivity index (χ2n) is 5.87. The van der Waals surface area contributed by atoms with Gasteiger partial charge in [0, 0.05) is 24.3 Å². The minimum Gasteiger partial charge on any atom is -0.394 e. The molecule has 1 saturated heterocycles. The normalized spacial score (nSPS) is 24.9. The summed E-state index contributed by atoms with van der Waals surface area (Å²) in [5, 5.41) is 9.73. The molecule has 1 aromatic rings. The zero-order chi connectivity index (χ0) is 13.2. The van der Waals surface area contributed by atoms with Gasteiger partial charge >= 0.3 is 0 Å². The van der Waals surface area contributed by atoms with Gasteiger partial charge in [-0.3, -0.25) is 0 Å². The lowest BCUT2D eigenvalue weighted by atomic mass is 9.96. The van der Waals surface area contributed by atoms with Crippen molar-refractivity contribution in [1.29, 1.82) is 0 Å². The van der Waals surface area contributed by atoms with Crippen LogP contribution in [-0.2, 0) is 0 Å². The number of benzene rings is 1. The second-order valence-corrected chi connectivity index (χ2v) is 5.87. The molecule has 3 heteroatoms. The summed E-state index contributed by atoms with van der Waals surface area (Å²) in [5.74, 6) is 0. The Kier molecular flexibility index (Phi) is 3.93. The molecule has 1 aliphatic rings. The first-order chi connectivity index (χ1) is 8.54. The molecule has 1 heterocycles. The molecule has 1 aliphatic heterocycles. The van der Waals surface area contributed by atoms with Gasteiger partial charge in [0.15, 0.2) is 0 Å². The van der Waals surface area contributed by atoms with E-state index in [-0.39, 0.29) is 18.2 Å². The van der Waals surface area contributed by atoms with Crippen LogP contribution in [0.15, 0.2) is 30.3 Å². The van der Waals surface area contributed by atoms with Crippen LogP contribution in [0.5, 0.6) is 0 Å². The van der Waals surface area contributed by atoms with Crippen molar-refractivity contribution in [2.24, 2.45) is 0 Å². The third kappa shape index (κ3) is 2.68. The van der Waals surface area contributed by atoms with Gasteiger partial charge in [0.25, 0.3) is 0 Å². The number of rotatable bonds is 2. The van der Waals surface area contributed by atoms with Gasteiger partial charge in [-0.25, -0.2) is 0 Å². The standard InChI is InChI=1S/C15H24N2O/c1-15(2)9-10-16(3)11-14(12-18)17(15)13-7-5-4-6-8-13/h4-8,14,18H,9-12H2,1-3H3. The maximum Gasteiger partial charge on any atom is 0.0653 e. The third-order valence-electron chi connectivity index (χ3n) is 3.89. The van der Waals surface area contributed by atoms with E-state index in [9.17, 15) is 5.11 Å². The molecule has 1 atom stereocenters. The Morgan fingerprint density at radius 1 is 1.28 bits per heavy atom. The van der Waals surface area contributed by atoms with Crippen LogP contribution in [0.2, 0.25) is 0 Å². The van der Waals surface area contributed by atoms with Gasteiger partial charge in [0.05, 0.1) is 12.6 Å². The molecule has 0 spiro atoms. The van der Waals surface area contributed by atoms with Crippen molar-refractivity contribution < 1.29 is 5.11 Å². The predicted molar refractivity (Wildman–Crippen MR) is 76.0 cm³/mol. The first-order valence-corrected chi connectivity index (χ1v) is 6.68. The van der Waals surface area contributed by atoms with Gasteiger partial charge in [-0.2, -0.15) is 0 Å². The average Bonchev–Trinajstić information content (AvgIpc) is 2.47. The third-order valence-corrected chi connectivity index (χ3v) is 3.89. The van der Waals surface area contributed by atoms with Gasteiger partial charge in [-0.15, -0.1) is 0 Å². The van der Waals surface area contributed by atoms with Gasteiger partial charge in [-0.05, 0) is 39.4 Å². The van der Waals surface area contributed by atoms with Crippen molar-refractivity contribution in [1.82, 2.24) is 4.90 Å². The van der Waals surface area contributed by atoms with Crippen LogP contribution in [0.3, 0.4) is 0 Å². The minimum atomic E-state index is 0.0690. The number of likely N-dealkylation sites (N-methyl/N-ethyl adjacent to an activating group) is 1. The summed E-state index contributed by atoms with van der Waals surface area (Å²) >= 11 is 0. The number of para-hydroxylation sites is 1. The summed E-state index contributed by atoms with van der Waals surface area (Å²) < 4.78 is 0. The first-order valence-electron chi connectivity index (χ1n) is 6.68. The Labute approximate surface area is 110 Å². The van der Waals surface area contributed by atoms with E-state index in [1.165, 1.54) is 5.69 Å². The molecule has 0 bridgehead atoms. The van der Waals surface area contributed by atoms with Crippen molar-refractivity contribution >= 4 is 5.69 Å². The van der Waals surface area contributed by atoms with Crippen LogP contribution in [0.1, 0.15) is 20.3 Å². The maximum atomic E-state index is 9.73. The zero-order valence-electron chi connectivity index (χ0n) is 11.6. The molecule has 0 aromatic heterocycles. The molecule has 0 amide bonds. The van der Waals surface area contributed by atoms with E-state index in [0.29, 0.717) is 0 Å². The van der Waals surface area contributed by atoms with Crippen molar-refractivity contribution in [3.05, 3.63) is 30.3 Å². The Morgan fingerprint density at radius 3 is 2.56 bits per heavy atom. The number of aliphatic hydroxyl groups is 1. The highest BCUT2D eigenvalue weighted by Crippen LogP contribution is 2.31. The summed E-state index contributed by atoms with van der Waals surface area (Å²) in [6, 6.07) is 10.6. The lowest BCUT2D eigenvalue weighted by Crippen LogP contribution is -2.52. The highest BCUT2D eigenvalue weighted by atomic mass is 16.3. The van der Waals surface area contributed by atoms with Crippen LogP contribution >= 0.6 is 0 Å². The topological polar surface area (TPSA) is 26.7 Å². The molecule has 1 fully saturated rings. The molecule has 0 saturated carbocycles. The van der Waals surface area contributed by atoms with E-state index in [0.717, 1.165) is 19.5 Å². The van der Waals surface area contributed by atoms with Crippen LogP contribution in [0, 0.1) is 0 Å². The molecule has 100 valence electrons. The van der Waals surface area contributed by atoms with E-state index < -0.39 is 0 Å². The SMILES string of the molecule is CN1CCC(C)(C)N(c2ccccc2)C(CO)C1. The monoisotopic (exact) mass is 248 g/mol. The highest BCUT2D eigenvalue weighted by molar-refractivity contribution is 5.50. The van der Waals surface area contributed by atoms with Gasteiger partial charge in [-0.1, -0.05) is 18.2 Å². The van der Waals surface area contributed by atoms with E-state index in [1.54, 1.807) is 0 Å². The molecule has 1 N–H and O–H groups in total. The molecule has 1 aromatic carbocycles. The second kappa shape index (κ2) is 5.29. The summed E-state index contributed by atoms with van der Waals surface area (Å²) in [4.78, 5) is 4.70. The first kappa shape index (κ1) is 13.4. The van der Waals surface area contributed by atoms with Crippen molar-refractivity contribution in [3.8, 4) is 0 Å². The fourth-order valence-corrected chi connectivity index (χ4v) is 2.90. The van der Waals surface area contributed by atoms with Crippen LogP contribution < -0.4 is 4.90 Å². The Hall–Kier alpha value is -1.06. The molecule has 0 aliphatic carbocycles. The Balaban J connectivity index is 2.37. The van der Waals surface area contributed by atoms with E-state index in [1.807, 2.05) is 6.07 Å². The van der Waals surface area contributed by atoms with Gasteiger partial charge in [0.1, 0.15) is 0 Å². The average molecular weight is 248 g/mol. The summed E-state index contributed by atoms with van der Waals surface area (Å²) in [5.41, 5.74) is 1.27. The van der Waals surface area contributed by atoms with E-state index >= 15 is 0 Å². The number of anilines is 1. The zero-order valence-corrected chi connectivity index (χ0v) is 11.6. The molecule has 1 unspecified atom stereocenters. The van der Waals surface area contributed by atoms with Crippen LogP contribution in [-0.4, -0.2) is 48.3 Å². The smallest absolute Gasteiger partial charge is 0.0653 e. The predicted octanol–water partition coefficient (Wildman–Crippen LogP) is 1.97. The van der Waals surface area contributed by atoms with Crippen LogP contribution in [0.25, 0.3) is 0 Å². The largest absolute Gasteiger partial charge is 0.394 e. The van der Waals surface area contributed by atoms with Crippen molar-refractivity contribution in [2.75, 3.05) is 31.6 Å². The molecule has 2 rings (SSSR count). The molecule has 3 nitrogen and oxygen atoms in total. The van der Waals surface area contributed by atoms with Gasteiger partial charge < -0.3 is 14.9 Å². The molecule has 0 radical (unpaired) electrons. The fraction of sp³-hybridized carbons (Fsp3) is 0.600. The molecule has 18 heavy (non-hydrogen) atoms. The molecular formula is C15H24N2O. The minimum absolute atomic E-state index is 0.0690. The Bertz CT molecular complexity index is 377. The number of hydrogen-bond donors (Lipinski definition) is 1. The quantitative estimate of drug-likeness (QED) is 0.867. The Morgan fingerprint density at radius 2 is 1.94 bits per heavy atom. The van der Waals surface area contributed by atoms with Crippen molar-refractivity contribution in [2.45, 2.75) is 31.8 Å². The number of nitrogens with zero attached hydrogens (tertiary/aromatic N) is 2. The maximum absolute atomic E-state index is 9.73. The summed E-state index contributed by atoms with van der Waals surface area (Å²) in [7, 11) is 2.13. The van der Waals surface area contributed by atoms with Gasteiger partial charge in [0.2, 0.25) is 0 Å². The number of hydrogen-bond acceptors (Lipinski definition) is 3. The van der Waals surface area contributed by atoms with E-state index in [2.05, 4.69) is 55.0 Å². The van der Waals surface area contributed by atoms with Crippen molar-refractivity contribution in [3.63, 3.8) is 0 Å². The fourth-order valence-electron chi connectivity index (χ4n) is 2.90. The number of aliphatic hydroxyl groups excluding tert-OH is 1. The lowest BCUT2D eigenvalue weighted by molar-refractivity contribution is 0.224. The summed E-state index contributed by atoms with van der Waals surface area (Å²) in [6.45, 7) is 6.72. The van der Waals surface area contributed by atoms with Crippen LogP contribution in [0.4, 0.5) is 5.69 Å².